The third-order valence-electron chi connectivity index (χ3n) is 5.91. The first-order valence-electron chi connectivity index (χ1n) is 10.8. The Morgan fingerprint density at radius 3 is 2.71 bits per heavy atom. The Balaban J connectivity index is 1.82. The zero-order chi connectivity index (χ0) is 24.8. The molecule has 0 radical (unpaired) electrons. The molecule has 1 unspecified atom stereocenters. The molecule has 11 heteroatoms. The highest BCUT2D eigenvalue weighted by Gasteiger charge is 2.36. The van der Waals surface area contributed by atoms with Gasteiger partial charge in [-0.2, -0.15) is 0 Å². The number of carboxylic acid groups (broad SMARTS) is 1. The van der Waals surface area contributed by atoms with E-state index in [0.29, 0.717) is 29.4 Å². The molecule has 0 bridgehead atoms. The van der Waals surface area contributed by atoms with Crippen molar-refractivity contribution < 1.29 is 18.7 Å². The summed E-state index contributed by atoms with van der Waals surface area (Å²) in [4.78, 5) is 34.8. The largest absolute Gasteiger partial charge is 0.476 e. The van der Waals surface area contributed by atoms with Gasteiger partial charge in [-0.15, -0.1) is 0 Å². The Bertz CT molecular complexity index is 1340. The molecule has 34 heavy (non-hydrogen) atoms. The molecule has 0 aliphatic carbocycles. The fraction of sp³-hybridized carbons (Fsp3) is 0.391. The first-order valence-corrected chi connectivity index (χ1v) is 11.1. The highest BCUT2D eigenvalue weighted by molar-refractivity contribution is 6.29. The molecular weight excluding hydrogens is 468 g/mol. The molecule has 4 rings (SSSR count). The number of benzene rings is 1. The van der Waals surface area contributed by atoms with Crippen LogP contribution >= 0.6 is 11.6 Å². The lowest BCUT2D eigenvalue weighted by atomic mass is 10.0. The normalized spacial score (nSPS) is 16.5. The monoisotopic (exact) mass is 491 g/mol. The predicted molar refractivity (Wildman–Crippen MR) is 126 cm³/mol. The SMILES string of the molecule is Cc1cc(C(C)Nc2ccc(Cl)nc2C(=O)O)c2nc(N3CCCC(F)(F)C3)n(C)c(=O)c2c1. The maximum absolute atomic E-state index is 14.1. The van der Waals surface area contributed by atoms with Gasteiger partial charge in [-0.3, -0.25) is 9.36 Å². The van der Waals surface area contributed by atoms with Gasteiger partial charge in [0, 0.05) is 25.6 Å². The van der Waals surface area contributed by atoms with Crippen LogP contribution in [0.3, 0.4) is 0 Å². The Morgan fingerprint density at radius 1 is 1.29 bits per heavy atom. The van der Waals surface area contributed by atoms with Gasteiger partial charge in [0.2, 0.25) is 5.95 Å². The Kier molecular flexibility index (Phi) is 6.20. The van der Waals surface area contributed by atoms with Crippen LogP contribution in [0, 0.1) is 6.92 Å². The summed E-state index contributed by atoms with van der Waals surface area (Å²) < 4.78 is 29.5. The van der Waals surface area contributed by atoms with Crippen LogP contribution in [0.4, 0.5) is 20.4 Å². The van der Waals surface area contributed by atoms with Gasteiger partial charge in [-0.1, -0.05) is 17.7 Å². The standard InChI is InChI=1S/C23H24ClF2N5O3/c1-12-9-14(13(2)27-16-5-6-17(24)28-19(16)21(33)34)18-15(10-12)20(32)30(3)22(29-18)31-8-4-7-23(25,26)11-31/h5-6,9-10,13,27H,4,7-8,11H2,1-3H3,(H,33,34). The molecule has 1 atom stereocenters. The number of pyridine rings is 1. The number of nitrogens with zero attached hydrogens (tertiary/aromatic N) is 4. The number of nitrogens with one attached hydrogen (secondary N) is 1. The third-order valence-corrected chi connectivity index (χ3v) is 6.12. The second-order valence-electron chi connectivity index (χ2n) is 8.61. The van der Waals surface area contributed by atoms with E-state index in [9.17, 15) is 23.5 Å². The van der Waals surface area contributed by atoms with Crippen LogP contribution in [0.5, 0.6) is 0 Å². The quantitative estimate of drug-likeness (QED) is 0.510. The van der Waals surface area contributed by atoms with Crippen molar-refractivity contribution in [1.29, 1.82) is 0 Å². The first-order chi connectivity index (χ1) is 16.0. The lowest BCUT2D eigenvalue weighted by molar-refractivity contribution is -0.0122. The number of rotatable bonds is 5. The molecule has 1 aliphatic heterocycles. The van der Waals surface area contributed by atoms with Crippen LogP contribution in [0.1, 0.15) is 47.4 Å². The number of aryl methyl sites for hydroxylation is 1. The number of aromatic nitrogens is 3. The number of carboxylic acids is 1. The molecule has 3 aromatic rings. The molecule has 0 saturated carbocycles. The molecular formula is C23H24ClF2N5O3. The molecule has 8 nitrogen and oxygen atoms in total. The van der Waals surface area contributed by atoms with Crippen molar-refractivity contribution >= 4 is 40.1 Å². The van der Waals surface area contributed by atoms with Crippen molar-refractivity contribution in [2.75, 3.05) is 23.3 Å². The maximum Gasteiger partial charge on any atom is 0.356 e. The van der Waals surface area contributed by atoms with Crippen LogP contribution in [0.15, 0.2) is 29.1 Å². The van der Waals surface area contributed by atoms with Crippen molar-refractivity contribution in [1.82, 2.24) is 14.5 Å². The predicted octanol–water partition coefficient (Wildman–Crippen LogP) is 4.40. The summed E-state index contributed by atoms with van der Waals surface area (Å²) in [6.07, 6.45) is 0.0959. The number of carbonyl (C=O) groups is 1. The fourth-order valence-corrected chi connectivity index (χ4v) is 4.46. The van der Waals surface area contributed by atoms with Crippen LogP contribution in [-0.2, 0) is 7.05 Å². The summed E-state index contributed by atoms with van der Waals surface area (Å²) >= 11 is 5.85. The summed E-state index contributed by atoms with van der Waals surface area (Å²) in [5, 5.41) is 13.0. The molecule has 3 heterocycles. The minimum absolute atomic E-state index is 0.0461. The van der Waals surface area contributed by atoms with Gasteiger partial charge in [-0.25, -0.2) is 23.5 Å². The van der Waals surface area contributed by atoms with Crippen LogP contribution in [0.25, 0.3) is 10.9 Å². The topological polar surface area (TPSA) is 100 Å². The van der Waals surface area contributed by atoms with E-state index in [1.165, 1.54) is 28.6 Å². The van der Waals surface area contributed by atoms with E-state index in [1.54, 1.807) is 13.0 Å². The molecule has 2 aromatic heterocycles. The lowest BCUT2D eigenvalue weighted by Gasteiger charge is -2.34. The van der Waals surface area contributed by atoms with Gasteiger partial charge in [0.15, 0.2) is 5.69 Å². The van der Waals surface area contributed by atoms with Crippen molar-refractivity contribution in [3.05, 3.63) is 56.6 Å². The fourth-order valence-electron chi connectivity index (χ4n) is 4.32. The average molecular weight is 492 g/mol. The van der Waals surface area contributed by atoms with E-state index >= 15 is 0 Å². The summed E-state index contributed by atoms with van der Waals surface area (Å²) in [7, 11) is 1.53. The number of anilines is 2. The number of alkyl halides is 2. The van der Waals surface area contributed by atoms with Crippen molar-refractivity contribution in [2.24, 2.45) is 7.05 Å². The summed E-state index contributed by atoms with van der Waals surface area (Å²) in [5.74, 6) is -3.93. The minimum atomic E-state index is -2.86. The zero-order valence-corrected chi connectivity index (χ0v) is 19.7. The molecule has 0 amide bonds. The van der Waals surface area contributed by atoms with Crippen molar-refractivity contribution in [3.63, 3.8) is 0 Å². The van der Waals surface area contributed by atoms with Crippen LogP contribution < -0.4 is 15.8 Å². The number of aromatic carboxylic acids is 1. The molecule has 1 fully saturated rings. The first kappa shape index (κ1) is 23.9. The number of hydrogen-bond acceptors (Lipinski definition) is 6. The van der Waals surface area contributed by atoms with Gasteiger partial charge in [0.05, 0.1) is 29.2 Å². The van der Waals surface area contributed by atoms with E-state index in [1.807, 2.05) is 13.0 Å². The van der Waals surface area contributed by atoms with Gasteiger partial charge in [0.1, 0.15) is 5.15 Å². The summed E-state index contributed by atoms with van der Waals surface area (Å²) in [6.45, 7) is 3.49. The highest BCUT2D eigenvalue weighted by Crippen LogP contribution is 2.32. The molecule has 180 valence electrons. The lowest BCUT2D eigenvalue weighted by Crippen LogP contribution is -2.45. The Hall–Kier alpha value is -3.27. The number of halogens is 3. The number of hydrogen-bond donors (Lipinski definition) is 2. The zero-order valence-electron chi connectivity index (χ0n) is 18.9. The average Bonchev–Trinajstić information content (AvgIpc) is 2.76. The Labute approximate surface area is 199 Å². The van der Waals surface area contributed by atoms with Crippen LogP contribution in [-0.4, -0.2) is 44.6 Å². The second-order valence-corrected chi connectivity index (χ2v) is 9.00. The van der Waals surface area contributed by atoms with Gasteiger partial charge in [-0.05, 0) is 44.0 Å². The number of piperidine rings is 1. The van der Waals surface area contributed by atoms with E-state index in [4.69, 9.17) is 11.6 Å². The molecule has 1 aliphatic rings. The third kappa shape index (κ3) is 4.54. The molecule has 1 aromatic carbocycles. The summed E-state index contributed by atoms with van der Waals surface area (Å²) in [5.41, 5.74) is 1.47. The molecule has 2 N–H and O–H groups in total. The van der Waals surface area contributed by atoms with E-state index in [2.05, 4.69) is 15.3 Å². The van der Waals surface area contributed by atoms with Gasteiger partial charge in [0.25, 0.3) is 11.5 Å². The van der Waals surface area contributed by atoms with Crippen molar-refractivity contribution in [3.8, 4) is 0 Å². The van der Waals surface area contributed by atoms with E-state index < -0.39 is 24.5 Å². The van der Waals surface area contributed by atoms with Crippen molar-refractivity contribution in [2.45, 2.75) is 38.7 Å². The minimum Gasteiger partial charge on any atom is -0.476 e. The molecule has 0 spiro atoms. The second kappa shape index (κ2) is 8.83. The maximum atomic E-state index is 14.1. The Morgan fingerprint density at radius 2 is 2.03 bits per heavy atom. The summed E-state index contributed by atoms with van der Waals surface area (Å²) in [6, 6.07) is 6.05. The number of fused-ring (bicyclic) bond motifs is 1. The van der Waals surface area contributed by atoms with Gasteiger partial charge >= 0.3 is 5.97 Å². The van der Waals surface area contributed by atoms with E-state index in [-0.39, 0.29) is 34.5 Å². The smallest absolute Gasteiger partial charge is 0.356 e. The van der Waals surface area contributed by atoms with Gasteiger partial charge < -0.3 is 15.3 Å². The highest BCUT2D eigenvalue weighted by atomic mass is 35.5. The molecule has 1 saturated heterocycles. The van der Waals surface area contributed by atoms with E-state index in [0.717, 1.165) is 5.56 Å². The van der Waals surface area contributed by atoms with Crippen LogP contribution in [0.2, 0.25) is 5.15 Å².